The lowest BCUT2D eigenvalue weighted by Gasteiger charge is -2.07. The molecule has 0 aliphatic heterocycles. The van der Waals surface area contributed by atoms with E-state index in [1.807, 2.05) is 0 Å². The average Bonchev–Trinajstić information content (AvgIpc) is 2.98. The SMILES string of the molecule is N#C/C(=C/c1ccc([N+](=O)[O-])o1)C(=O)Nc1cccc(Cl)c1Cl. The Balaban J connectivity index is 2.24. The molecular formula is C14H7Cl2N3O4. The molecule has 1 amide bonds. The van der Waals surface area contributed by atoms with E-state index in [9.17, 15) is 14.9 Å². The van der Waals surface area contributed by atoms with Gasteiger partial charge in [-0.1, -0.05) is 29.3 Å². The number of anilines is 1. The van der Waals surface area contributed by atoms with Crippen molar-refractivity contribution in [2.45, 2.75) is 0 Å². The summed E-state index contributed by atoms with van der Waals surface area (Å²) in [6, 6.07) is 8.71. The lowest BCUT2D eigenvalue weighted by atomic mass is 10.2. The van der Waals surface area contributed by atoms with Crippen molar-refractivity contribution in [3.8, 4) is 6.07 Å². The summed E-state index contributed by atoms with van der Waals surface area (Å²) in [6.07, 6.45) is 1.08. The van der Waals surface area contributed by atoms with Gasteiger partial charge < -0.3 is 9.73 Å². The van der Waals surface area contributed by atoms with E-state index in [-0.39, 0.29) is 27.1 Å². The first-order valence-corrected chi connectivity index (χ1v) is 6.79. The lowest BCUT2D eigenvalue weighted by molar-refractivity contribution is -0.402. The molecule has 0 saturated carbocycles. The summed E-state index contributed by atoms with van der Waals surface area (Å²) in [4.78, 5) is 21.9. The van der Waals surface area contributed by atoms with Crippen molar-refractivity contribution in [3.05, 3.63) is 61.8 Å². The number of hydrogen-bond acceptors (Lipinski definition) is 5. The maximum Gasteiger partial charge on any atom is 0.433 e. The lowest BCUT2D eigenvalue weighted by Crippen LogP contribution is -2.13. The molecule has 1 N–H and O–H groups in total. The first kappa shape index (κ1) is 16.5. The van der Waals surface area contributed by atoms with Gasteiger partial charge in [0.2, 0.25) is 0 Å². The van der Waals surface area contributed by atoms with Crippen molar-refractivity contribution in [1.82, 2.24) is 0 Å². The molecule has 0 bridgehead atoms. The fourth-order valence-electron chi connectivity index (χ4n) is 1.60. The van der Waals surface area contributed by atoms with Gasteiger partial charge in [-0.25, -0.2) is 0 Å². The number of carbonyl (C=O) groups excluding carboxylic acids is 1. The van der Waals surface area contributed by atoms with E-state index in [4.69, 9.17) is 32.9 Å². The molecular weight excluding hydrogens is 345 g/mol. The molecule has 0 aliphatic carbocycles. The molecule has 0 radical (unpaired) electrons. The number of nitro groups is 1. The number of hydrogen-bond donors (Lipinski definition) is 1. The van der Waals surface area contributed by atoms with Crippen LogP contribution in [0.15, 0.2) is 40.3 Å². The molecule has 0 fully saturated rings. The third-order valence-electron chi connectivity index (χ3n) is 2.64. The second-order valence-electron chi connectivity index (χ2n) is 4.16. The molecule has 2 aromatic rings. The molecule has 116 valence electrons. The second kappa shape index (κ2) is 6.96. The van der Waals surface area contributed by atoms with Crippen molar-refractivity contribution in [1.29, 1.82) is 5.26 Å². The predicted molar refractivity (Wildman–Crippen MR) is 84.0 cm³/mol. The van der Waals surface area contributed by atoms with E-state index in [2.05, 4.69) is 5.32 Å². The molecule has 0 atom stereocenters. The Morgan fingerprint density at radius 2 is 2.09 bits per heavy atom. The van der Waals surface area contributed by atoms with E-state index in [0.717, 1.165) is 12.1 Å². The van der Waals surface area contributed by atoms with Gasteiger partial charge in [-0.15, -0.1) is 0 Å². The van der Waals surface area contributed by atoms with Gasteiger partial charge in [-0.2, -0.15) is 5.26 Å². The minimum atomic E-state index is -0.754. The summed E-state index contributed by atoms with van der Waals surface area (Å²) in [7, 11) is 0. The zero-order chi connectivity index (χ0) is 17.0. The van der Waals surface area contributed by atoms with Crippen LogP contribution in [0.5, 0.6) is 0 Å². The van der Waals surface area contributed by atoms with Crippen LogP contribution in [0.1, 0.15) is 5.76 Å². The molecule has 0 unspecified atom stereocenters. The Bertz CT molecular complexity index is 852. The van der Waals surface area contributed by atoms with Gasteiger partial charge in [-0.3, -0.25) is 14.9 Å². The summed E-state index contributed by atoms with van der Waals surface area (Å²) in [6.45, 7) is 0. The van der Waals surface area contributed by atoms with Gasteiger partial charge >= 0.3 is 5.88 Å². The van der Waals surface area contributed by atoms with E-state index in [1.165, 1.54) is 12.1 Å². The van der Waals surface area contributed by atoms with E-state index in [0.29, 0.717) is 0 Å². The molecule has 1 aromatic heterocycles. The summed E-state index contributed by atoms with van der Waals surface area (Å²) in [5.74, 6) is -1.25. The van der Waals surface area contributed by atoms with Crippen LogP contribution in [0.25, 0.3) is 6.08 Å². The van der Waals surface area contributed by atoms with Gasteiger partial charge in [-0.05, 0) is 18.2 Å². The van der Waals surface area contributed by atoms with Gasteiger partial charge in [0.1, 0.15) is 22.3 Å². The normalized spacial score (nSPS) is 10.9. The molecule has 1 aromatic carbocycles. The first-order chi connectivity index (χ1) is 10.9. The van der Waals surface area contributed by atoms with Crippen molar-refractivity contribution in [2.24, 2.45) is 0 Å². The zero-order valence-corrected chi connectivity index (χ0v) is 12.8. The van der Waals surface area contributed by atoms with Crippen LogP contribution >= 0.6 is 23.2 Å². The molecule has 0 saturated heterocycles. The molecule has 0 aliphatic rings. The maximum absolute atomic E-state index is 12.1. The van der Waals surface area contributed by atoms with Gasteiger partial charge in [0, 0.05) is 6.08 Å². The monoisotopic (exact) mass is 351 g/mol. The molecule has 9 heteroatoms. The Kier molecular flexibility index (Phi) is 5.01. The van der Waals surface area contributed by atoms with Gasteiger partial charge in [0.15, 0.2) is 0 Å². The summed E-state index contributed by atoms with van der Waals surface area (Å²) in [5, 5.41) is 22.4. The van der Waals surface area contributed by atoms with Crippen LogP contribution in [0.4, 0.5) is 11.6 Å². The Morgan fingerprint density at radius 3 is 2.70 bits per heavy atom. The molecule has 7 nitrogen and oxygen atoms in total. The number of rotatable bonds is 4. The molecule has 2 rings (SSSR count). The number of nitrogens with zero attached hydrogens (tertiary/aromatic N) is 2. The first-order valence-electron chi connectivity index (χ1n) is 6.03. The molecule has 0 spiro atoms. The number of halogens is 2. The van der Waals surface area contributed by atoms with Crippen LogP contribution in [-0.4, -0.2) is 10.8 Å². The Morgan fingerprint density at radius 1 is 1.35 bits per heavy atom. The van der Waals surface area contributed by atoms with Crippen LogP contribution in [0.3, 0.4) is 0 Å². The van der Waals surface area contributed by atoms with Crippen LogP contribution < -0.4 is 5.32 Å². The van der Waals surface area contributed by atoms with Crippen LogP contribution in [0, 0.1) is 21.4 Å². The smallest absolute Gasteiger partial charge is 0.401 e. The number of carbonyl (C=O) groups is 1. The number of nitrogens with one attached hydrogen (secondary N) is 1. The minimum absolute atomic E-state index is 0.000547. The predicted octanol–water partition coefficient (Wildman–Crippen LogP) is 4.04. The standard InChI is InChI=1S/C14H7Cl2N3O4/c15-10-2-1-3-11(13(10)16)18-14(20)8(7-17)6-9-4-5-12(23-9)19(21)22/h1-6H,(H,18,20)/b8-6-. The van der Waals surface area contributed by atoms with Gasteiger partial charge in [0.05, 0.1) is 21.8 Å². The zero-order valence-electron chi connectivity index (χ0n) is 11.2. The topological polar surface area (TPSA) is 109 Å². The van der Waals surface area contributed by atoms with Gasteiger partial charge in [0.25, 0.3) is 5.91 Å². The fraction of sp³-hybridized carbons (Fsp3) is 0. The van der Waals surface area contributed by atoms with Crippen molar-refractivity contribution in [3.63, 3.8) is 0 Å². The number of amides is 1. The second-order valence-corrected chi connectivity index (χ2v) is 4.94. The summed E-state index contributed by atoms with van der Waals surface area (Å²) < 4.78 is 4.87. The number of benzene rings is 1. The Labute approximate surface area is 139 Å². The third kappa shape index (κ3) is 3.88. The maximum atomic E-state index is 12.1. The largest absolute Gasteiger partial charge is 0.433 e. The van der Waals surface area contributed by atoms with E-state index < -0.39 is 16.7 Å². The number of furan rings is 1. The fourth-order valence-corrected chi connectivity index (χ4v) is 1.95. The van der Waals surface area contributed by atoms with Crippen molar-refractivity contribution < 1.29 is 14.1 Å². The van der Waals surface area contributed by atoms with Crippen LogP contribution in [-0.2, 0) is 4.79 Å². The van der Waals surface area contributed by atoms with Crippen molar-refractivity contribution >= 4 is 46.8 Å². The Hall–Kier alpha value is -2.82. The highest BCUT2D eigenvalue weighted by Gasteiger charge is 2.15. The van der Waals surface area contributed by atoms with E-state index >= 15 is 0 Å². The minimum Gasteiger partial charge on any atom is -0.401 e. The quantitative estimate of drug-likeness (QED) is 0.386. The van der Waals surface area contributed by atoms with Crippen LogP contribution in [0.2, 0.25) is 10.0 Å². The highest BCUT2D eigenvalue weighted by molar-refractivity contribution is 6.44. The van der Waals surface area contributed by atoms with E-state index in [1.54, 1.807) is 18.2 Å². The third-order valence-corrected chi connectivity index (χ3v) is 3.46. The summed E-state index contributed by atoms with van der Waals surface area (Å²) in [5.41, 5.74) is -0.0824. The number of nitriles is 1. The molecule has 23 heavy (non-hydrogen) atoms. The highest BCUT2D eigenvalue weighted by Crippen LogP contribution is 2.29. The summed E-state index contributed by atoms with van der Waals surface area (Å²) >= 11 is 11.8. The molecule has 1 heterocycles. The highest BCUT2D eigenvalue weighted by atomic mass is 35.5. The van der Waals surface area contributed by atoms with Crippen molar-refractivity contribution in [2.75, 3.05) is 5.32 Å². The average molecular weight is 352 g/mol.